The number of likely N-dealkylation sites (N-methyl/N-ethyl adjacent to an activating group) is 1. The Morgan fingerprint density at radius 1 is 1.21 bits per heavy atom. The van der Waals surface area contributed by atoms with Crippen LogP contribution in [0.4, 0.5) is 5.69 Å². The number of hydrogen-bond donors (Lipinski definition) is 0. The first-order valence-electron chi connectivity index (χ1n) is 6.01. The van der Waals surface area contributed by atoms with Crippen LogP contribution in [0.25, 0.3) is 0 Å². The van der Waals surface area contributed by atoms with Crippen molar-refractivity contribution in [1.82, 2.24) is 4.98 Å². The first-order chi connectivity index (χ1) is 9.20. The normalized spacial score (nSPS) is 10.0. The Morgan fingerprint density at radius 2 is 1.95 bits per heavy atom. The molecule has 4 heteroatoms. The Balaban J connectivity index is 2.06. The van der Waals surface area contributed by atoms with Gasteiger partial charge in [-0.25, -0.2) is 0 Å². The zero-order valence-electron chi connectivity index (χ0n) is 11.0. The maximum atomic E-state index is 12.1. The molecule has 1 amide bonds. The predicted molar refractivity (Wildman–Crippen MR) is 74.3 cm³/mol. The molecule has 1 aromatic carbocycles. The molecule has 0 radical (unpaired) electrons. The Morgan fingerprint density at radius 3 is 2.53 bits per heavy atom. The van der Waals surface area contributed by atoms with Crippen LogP contribution in [0.5, 0.6) is 5.75 Å². The van der Waals surface area contributed by atoms with E-state index in [1.165, 1.54) is 0 Å². The second kappa shape index (κ2) is 6.00. The molecule has 1 aromatic heterocycles. The Kier molecular flexibility index (Phi) is 4.13. The summed E-state index contributed by atoms with van der Waals surface area (Å²) in [4.78, 5) is 17.9. The van der Waals surface area contributed by atoms with Crippen molar-refractivity contribution >= 4 is 11.6 Å². The highest BCUT2D eigenvalue weighted by atomic mass is 16.5. The van der Waals surface area contributed by atoms with Gasteiger partial charge in [0.2, 0.25) is 5.91 Å². The van der Waals surface area contributed by atoms with Crippen LogP contribution >= 0.6 is 0 Å². The lowest BCUT2D eigenvalue weighted by molar-refractivity contribution is -0.117. The van der Waals surface area contributed by atoms with Crippen LogP contribution < -0.4 is 9.64 Å². The number of nitrogens with zero attached hydrogens (tertiary/aromatic N) is 2. The summed E-state index contributed by atoms with van der Waals surface area (Å²) in [6.45, 7) is 0. The van der Waals surface area contributed by atoms with Gasteiger partial charge in [0.05, 0.1) is 13.5 Å². The summed E-state index contributed by atoms with van der Waals surface area (Å²) < 4.78 is 5.09. The zero-order chi connectivity index (χ0) is 13.7. The first kappa shape index (κ1) is 13.1. The molecule has 0 saturated carbocycles. The minimum absolute atomic E-state index is 0.00358. The van der Waals surface area contributed by atoms with Crippen molar-refractivity contribution in [3.05, 3.63) is 54.4 Å². The number of carbonyl (C=O) groups is 1. The number of aromatic nitrogens is 1. The van der Waals surface area contributed by atoms with Crippen molar-refractivity contribution in [3.8, 4) is 5.75 Å². The molecule has 98 valence electrons. The summed E-state index contributed by atoms with van der Waals surface area (Å²) in [5.41, 5.74) is 1.61. The second-order valence-corrected chi connectivity index (χ2v) is 4.15. The quantitative estimate of drug-likeness (QED) is 0.843. The van der Waals surface area contributed by atoms with Gasteiger partial charge >= 0.3 is 0 Å². The zero-order valence-corrected chi connectivity index (χ0v) is 11.0. The molecular formula is C15H16N2O2. The van der Waals surface area contributed by atoms with E-state index in [-0.39, 0.29) is 5.91 Å². The van der Waals surface area contributed by atoms with E-state index >= 15 is 0 Å². The van der Waals surface area contributed by atoms with Gasteiger partial charge in [0.1, 0.15) is 5.75 Å². The summed E-state index contributed by atoms with van der Waals surface area (Å²) >= 11 is 0. The number of benzene rings is 1. The van der Waals surface area contributed by atoms with Gasteiger partial charge in [0.15, 0.2) is 0 Å². The van der Waals surface area contributed by atoms with Gasteiger partial charge in [-0.1, -0.05) is 6.07 Å². The standard InChI is InChI=1S/C15H16N2O2/c1-17(13-6-8-14(19-2)9-7-13)15(18)11-12-5-3-4-10-16-12/h3-10H,11H2,1-2H3. The van der Waals surface area contributed by atoms with Crippen molar-refractivity contribution in [1.29, 1.82) is 0 Å². The molecule has 0 aliphatic heterocycles. The summed E-state index contributed by atoms with van der Waals surface area (Å²) in [6.07, 6.45) is 1.99. The molecule has 19 heavy (non-hydrogen) atoms. The van der Waals surface area contributed by atoms with E-state index < -0.39 is 0 Å². The molecule has 0 unspecified atom stereocenters. The molecule has 0 fully saturated rings. The van der Waals surface area contributed by atoms with Crippen molar-refractivity contribution in [2.75, 3.05) is 19.1 Å². The number of pyridine rings is 1. The second-order valence-electron chi connectivity index (χ2n) is 4.15. The number of rotatable bonds is 4. The number of anilines is 1. The van der Waals surface area contributed by atoms with E-state index in [0.29, 0.717) is 6.42 Å². The van der Waals surface area contributed by atoms with E-state index in [2.05, 4.69) is 4.98 Å². The molecular weight excluding hydrogens is 240 g/mol. The van der Waals surface area contributed by atoms with Gasteiger partial charge in [-0.3, -0.25) is 9.78 Å². The van der Waals surface area contributed by atoms with E-state index in [4.69, 9.17) is 4.74 Å². The molecule has 0 N–H and O–H groups in total. The third-order valence-corrected chi connectivity index (χ3v) is 2.89. The molecule has 0 bridgehead atoms. The molecule has 0 saturated heterocycles. The van der Waals surface area contributed by atoms with Gasteiger partial charge in [-0.2, -0.15) is 0 Å². The number of hydrogen-bond acceptors (Lipinski definition) is 3. The smallest absolute Gasteiger partial charge is 0.232 e. The summed E-state index contributed by atoms with van der Waals surface area (Å²) in [5.74, 6) is 0.776. The predicted octanol–water partition coefficient (Wildman–Crippen LogP) is 2.30. The van der Waals surface area contributed by atoms with Crippen LogP contribution in [-0.4, -0.2) is 25.0 Å². The molecule has 0 aliphatic carbocycles. The van der Waals surface area contributed by atoms with Gasteiger partial charge < -0.3 is 9.64 Å². The Bertz CT molecular complexity index is 538. The number of carbonyl (C=O) groups excluding carboxylic acids is 1. The van der Waals surface area contributed by atoms with Gasteiger partial charge in [0, 0.05) is 24.6 Å². The van der Waals surface area contributed by atoms with Crippen molar-refractivity contribution in [2.45, 2.75) is 6.42 Å². The first-order valence-corrected chi connectivity index (χ1v) is 6.01. The molecule has 0 aliphatic rings. The topological polar surface area (TPSA) is 42.4 Å². The van der Waals surface area contributed by atoms with Crippen LogP contribution in [0.15, 0.2) is 48.7 Å². The highest BCUT2D eigenvalue weighted by Crippen LogP contribution is 2.18. The minimum atomic E-state index is 0.00358. The fraction of sp³-hybridized carbons (Fsp3) is 0.200. The minimum Gasteiger partial charge on any atom is -0.497 e. The number of amides is 1. The number of methoxy groups -OCH3 is 1. The Hall–Kier alpha value is -2.36. The average Bonchev–Trinajstić information content (AvgIpc) is 2.47. The molecule has 2 rings (SSSR count). The van der Waals surface area contributed by atoms with Gasteiger partial charge in [-0.15, -0.1) is 0 Å². The maximum Gasteiger partial charge on any atom is 0.232 e. The average molecular weight is 256 g/mol. The molecule has 0 atom stereocenters. The summed E-state index contributed by atoms with van der Waals surface area (Å²) in [7, 11) is 3.37. The lowest BCUT2D eigenvalue weighted by Gasteiger charge is -2.17. The molecule has 1 heterocycles. The summed E-state index contributed by atoms with van der Waals surface area (Å²) in [5, 5.41) is 0. The molecule has 2 aromatic rings. The summed E-state index contributed by atoms with van der Waals surface area (Å²) in [6, 6.07) is 12.9. The third kappa shape index (κ3) is 3.31. The lowest BCUT2D eigenvalue weighted by Crippen LogP contribution is -2.28. The lowest BCUT2D eigenvalue weighted by atomic mass is 10.2. The highest BCUT2D eigenvalue weighted by molar-refractivity contribution is 5.94. The third-order valence-electron chi connectivity index (χ3n) is 2.89. The van der Waals surface area contributed by atoms with Crippen LogP contribution in [0.1, 0.15) is 5.69 Å². The monoisotopic (exact) mass is 256 g/mol. The van der Waals surface area contributed by atoms with Crippen molar-refractivity contribution < 1.29 is 9.53 Å². The van der Waals surface area contributed by atoms with E-state index in [9.17, 15) is 4.79 Å². The van der Waals surface area contributed by atoms with E-state index in [1.54, 1.807) is 25.3 Å². The van der Waals surface area contributed by atoms with Gasteiger partial charge in [0.25, 0.3) is 0 Å². The van der Waals surface area contributed by atoms with Crippen LogP contribution in [0.2, 0.25) is 0 Å². The van der Waals surface area contributed by atoms with E-state index in [1.807, 2.05) is 42.5 Å². The molecule has 4 nitrogen and oxygen atoms in total. The van der Waals surface area contributed by atoms with Crippen LogP contribution in [0, 0.1) is 0 Å². The molecule has 0 spiro atoms. The fourth-order valence-electron chi connectivity index (χ4n) is 1.73. The maximum absolute atomic E-state index is 12.1. The van der Waals surface area contributed by atoms with Gasteiger partial charge in [-0.05, 0) is 36.4 Å². The van der Waals surface area contributed by atoms with Crippen molar-refractivity contribution in [2.24, 2.45) is 0 Å². The number of ether oxygens (including phenoxy) is 1. The largest absolute Gasteiger partial charge is 0.497 e. The van der Waals surface area contributed by atoms with Crippen LogP contribution in [-0.2, 0) is 11.2 Å². The van der Waals surface area contributed by atoms with Crippen molar-refractivity contribution in [3.63, 3.8) is 0 Å². The highest BCUT2D eigenvalue weighted by Gasteiger charge is 2.12. The van der Waals surface area contributed by atoms with Crippen LogP contribution in [0.3, 0.4) is 0 Å². The SMILES string of the molecule is COc1ccc(N(C)C(=O)Cc2ccccn2)cc1. The fourth-order valence-corrected chi connectivity index (χ4v) is 1.73. The van der Waals surface area contributed by atoms with E-state index in [0.717, 1.165) is 17.1 Å². The Labute approximate surface area is 112 Å².